The van der Waals surface area contributed by atoms with Gasteiger partial charge in [0.05, 0.1) is 33.4 Å². The number of aromatic hydroxyl groups is 2. The molecule has 0 radical (unpaired) electrons. The number of ketones is 2. The minimum atomic E-state index is -1.00. The Labute approximate surface area is 412 Å². The number of carbonyl (C=O) groups is 5. The van der Waals surface area contributed by atoms with Crippen LogP contribution in [0.4, 0.5) is 0 Å². The van der Waals surface area contributed by atoms with E-state index in [0.29, 0.717) is 41.2 Å². The summed E-state index contributed by atoms with van der Waals surface area (Å²) in [5.74, 6) is -2.13. The Morgan fingerprint density at radius 3 is 1.86 bits per heavy atom. The molecule has 372 valence electrons. The molecular weight excluding hydrogens is 887 g/mol. The molecule has 0 saturated heterocycles. The van der Waals surface area contributed by atoms with Gasteiger partial charge in [-0.1, -0.05) is 88.0 Å². The van der Waals surface area contributed by atoms with Gasteiger partial charge in [0.2, 0.25) is 23.5 Å². The third-order valence-electron chi connectivity index (χ3n) is 12.8. The Kier molecular flexibility index (Phi) is 20.0. The summed E-state index contributed by atoms with van der Waals surface area (Å²) in [6, 6.07) is 22.5. The van der Waals surface area contributed by atoms with Gasteiger partial charge < -0.3 is 40.4 Å². The van der Waals surface area contributed by atoms with Crippen molar-refractivity contribution in [3.05, 3.63) is 143 Å². The van der Waals surface area contributed by atoms with Crippen LogP contribution in [0.5, 0.6) is 28.7 Å². The zero-order chi connectivity index (χ0) is 50.9. The van der Waals surface area contributed by atoms with Gasteiger partial charge in [-0.2, -0.15) is 0 Å². The Morgan fingerprint density at radius 1 is 0.743 bits per heavy atom. The Morgan fingerprint density at radius 2 is 1.31 bits per heavy atom. The van der Waals surface area contributed by atoms with E-state index in [-0.39, 0.29) is 72.9 Å². The molecule has 13 heteroatoms. The van der Waals surface area contributed by atoms with Crippen LogP contribution < -0.4 is 30.2 Å². The van der Waals surface area contributed by atoms with Crippen LogP contribution in [0.25, 0.3) is 5.57 Å². The standard InChI is InChI=1S/C57H69N3O10/c1-35(2)29-49(60-57(67)44(31-41-19-25-46(63)26-20-41)33-50(64)48(59-38(5)61)27-21-39-13-10-9-11-14-39)51(65)32-43(30-40-17-23-45(62)24-18-40)56(66)58-28-12-15-47-37(4)36(3)16-22-42-34-52(68-6)54(69-7)55(70-8)53(42)47/h9-15,17-20,23-26,28,34-36,43-44,48-49,62-63H,4,16,21-22,27,29-33H2,1-3,5-8H3,(H,58,66)(H,59,61)(H,60,67)/b28-12+,47-15+/t36-,43+,44+,48-,49-/m0/s1. The molecule has 0 spiro atoms. The molecule has 5 rings (SSSR count). The first kappa shape index (κ1) is 53.8. The molecular formula is C57H69N3O10. The van der Waals surface area contributed by atoms with Crippen LogP contribution in [-0.2, 0) is 49.7 Å². The molecule has 5 atom stereocenters. The highest BCUT2D eigenvalue weighted by molar-refractivity contribution is 5.96. The fourth-order valence-corrected chi connectivity index (χ4v) is 8.92. The molecule has 0 aliphatic heterocycles. The van der Waals surface area contributed by atoms with Crippen molar-refractivity contribution in [1.29, 1.82) is 0 Å². The maximum atomic E-state index is 14.5. The summed E-state index contributed by atoms with van der Waals surface area (Å²) in [6.07, 6.45) is 7.62. The van der Waals surface area contributed by atoms with Gasteiger partial charge in [-0.05, 0) is 127 Å². The highest BCUT2D eigenvalue weighted by atomic mass is 16.5. The zero-order valence-corrected chi connectivity index (χ0v) is 41.5. The SMILES string of the molecule is C=C1/C(=C\C=C\NC(=O)[C@@H](CC(=O)[C@H](CC(C)C)NC(=O)[C@@H](CC(=O)[C@H](CCc2ccccc2)NC(C)=O)Cc2ccc(O)cc2)Cc2ccc(O)cc2)c2c(cc(OC)c(OC)c2OC)CC[C@@H]1C. The number of allylic oxidation sites excluding steroid dienone is 4. The number of amides is 3. The molecule has 5 N–H and O–H groups in total. The van der Waals surface area contributed by atoms with Crippen molar-refractivity contribution >= 4 is 34.9 Å². The first-order valence-corrected chi connectivity index (χ1v) is 23.9. The number of phenolic OH excluding ortho intramolecular Hbond substituents is 2. The molecule has 4 aromatic carbocycles. The second-order valence-corrected chi connectivity index (χ2v) is 18.5. The summed E-state index contributed by atoms with van der Waals surface area (Å²) in [5.41, 5.74) is 5.93. The van der Waals surface area contributed by atoms with Gasteiger partial charge in [-0.3, -0.25) is 24.0 Å². The molecule has 3 amide bonds. The zero-order valence-electron chi connectivity index (χ0n) is 41.5. The molecule has 1 aliphatic carbocycles. The quantitative estimate of drug-likeness (QED) is 0.0426. The first-order valence-electron chi connectivity index (χ1n) is 23.9. The van der Waals surface area contributed by atoms with Gasteiger partial charge in [0, 0.05) is 43.4 Å². The fourth-order valence-electron chi connectivity index (χ4n) is 8.92. The molecule has 0 heterocycles. The lowest BCUT2D eigenvalue weighted by Gasteiger charge is -2.26. The Balaban J connectivity index is 1.40. The lowest BCUT2D eigenvalue weighted by atomic mass is 9.87. The number of hydrogen-bond acceptors (Lipinski definition) is 10. The number of ether oxygens (including phenoxy) is 3. The average Bonchev–Trinajstić information content (AvgIpc) is 3.45. The highest BCUT2D eigenvalue weighted by Gasteiger charge is 2.33. The average molecular weight is 956 g/mol. The number of aryl methyl sites for hydroxylation is 2. The summed E-state index contributed by atoms with van der Waals surface area (Å²) in [6.45, 7) is 11.8. The van der Waals surface area contributed by atoms with Gasteiger partial charge in [-0.15, -0.1) is 0 Å². The van der Waals surface area contributed by atoms with Crippen LogP contribution in [0, 0.1) is 23.7 Å². The molecule has 0 bridgehead atoms. The molecule has 1 aliphatic rings. The monoisotopic (exact) mass is 955 g/mol. The maximum Gasteiger partial charge on any atom is 0.227 e. The van der Waals surface area contributed by atoms with E-state index in [9.17, 15) is 34.2 Å². The second-order valence-electron chi connectivity index (χ2n) is 18.5. The van der Waals surface area contributed by atoms with E-state index in [1.165, 1.54) is 37.4 Å². The van der Waals surface area contributed by atoms with Crippen LogP contribution in [0.2, 0.25) is 0 Å². The largest absolute Gasteiger partial charge is 0.508 e. The van der Waals surface area contributed by atoms with Crippen molar-refractivity contribution in [3.8, 4) is 28.7 Å². The minimum absolute atomic E-state index is 0.0415. The summed E-state index contributed by atoms with van der Waals surface area (Å²) in [4.78, 5) is 69.6. The second kappa shape index (κ2) is 26.0. The fraction of sp³-hybridized carbons (Fsp3) is 0.386. The van der Waals surface area contributed by atoms with Gasteiger partial charge in [0.1, 0.15) is 11.5 Å². The van der Waals surface area contributed by atoms with E-state index >= 15 is 0 Å². The molecule has 0 saturated carbocycles. The van der Waals surface area contributed by atoms with Gasteiger partial charge in [0.25, 0.3) is 0 Å². The van der Waals surface area contributed by atoms with Gasteiger partial charge >= 0.3 is 0 Å². The molecule has 4 aromatic rings. The maximum absolute atomic E-state index is 14.5. The summed E-state index contributed by atoms with van der Waals surface area (Å²) in [7, 11) is 4.71. The van der Waals surface area contributed by atoms with Crippen molar-refractivity contribution in [1.82, 2.24) is 16.0 Å². The highest BCUT2D eigenvalue weighted by Crippen LogP contribution is 2.49. The molecule has 13 nitrogen and oxygen atoms in total. The van der Waals surface area contributed by atoms with Crippen LogP contribution in [0.15, 0.2) is 115 Å². The number of fused-ring (bicyclic) bond motifs is 1. The number of carbonyl (C=O) groups excluding carboxylic acids is 5. The third kappa shape index (κ3) is 15.2. The summed E-state index contributed by atoms with van der Waals surface area (Å²) < 4.78 is 17.3. The summed E-state index contributed by atoms with van der Waals surface area (Å²) >= 11 is 0. The number of rotatable bonds is 24. The molecule has 70 heavy (non-hydrogen) atoms. The van der Waals surface area contributed by atoms with Crippen molar-refractivity contribution in [3.63, 3.8) is 0 Å². The third-order valence-corrected chi connectivity index (χ3v) is 12.8. The topological polar surface area (TPSA) is 190 Å². The molecule has 0 aromatic heterocycles. The van der Waals surface area contributed by atoms with E-state index in [1.54, 1.807) is 51.7 Å². The number of Topliss-reactive ketones (excluding diaryl/α,β-unsaturated/α-hetero) is 2. The predicted octanol–water partition coefficient (Wildman–Crippen LogP) is 8.58. The normalized spacial score (nSPS) is 15.8. The predicted molar refractivity (Wildman–Crippen MR) is 272 cm³/mol. The smallest absolute Gasteiger partial charge is 0.227 e. The van der Waals surface area contributed by atoms with Crippen molar-refractivity contribution in [2.75, 3.05) is 21.3 Å². The van der Waals surface area contributed by atoms with Gasteiger partial charge in [0.15, 0.2) is 23.1 Å². The number of methoxy groups -OCH3 is 3. The van der Waals surface area contributed by atoms with E-state index < -0.39 is 35.7 Å². The van der Waals surface area contributed by atoms with Crippen LogP contribution in [0.3, 0.4) is 0 Å². The lowest BCUT2D eigenvalue weighted by molar-refractivity contribution is -0.134. The number of phenols is 2. The Hall–Kier alpha value is -7.15. The van der Waals surface area contributed by atoms with E-state index in [1.807, 2.05) is 56.3 Å². The van der Waals surface area contributed by atoms with Crippen molar-refractivity contribution in [2.24, 2.45) is 23.7 Å². The molecule has 0 unspecified atom stereocenters. The van der Waals surface area contributed by atoms with E-state index in [4.69, 9.17) is 14.2 Å². The lowest BCUT2D eigenvalue weighted by Crippen LogP contribution is -2.47. The van der Waals surface area contributed by atoms with E-state index in [0.717, 1.165) is 40.7 Å². The first-order chi connectivity index (χ1) is 33.5. The minimum Gasteiger partial charge on any atom is -0.508 e. The van der Waals surface area contributed by atoms with Crippen molar-refractivity contribution in [2.45, 2.75) is 97.6 Å². The Bertz CT molecular complexity index is 2510. The summed E-state index contributed by atoms with van der Waals surface area (Å²) in [5, 5.41) is 28.6. The molecule has 0 fully saturated rings. The van der Waals surface area contributed by atoms with Crippen LogP contribution in [-0.4, -0.2) is 72.9 Å². The number of nitrogens with one attached hydrogen (secondary N) is 3. The number of hydrogen-bond donors (Lipinski definition) is 5. The van der Waals surface area contributed by atoms with Crippen molar-refractivity contribution < 1.29 is 48.4 Å². The van der Waals surface area contributed by atoms with Crippen LogP contribution in [0.1, 0.15) is 87.6 Å². The van der Waals surface area contributed by atoms with Gasteiger partial charge in [-0.25, -0.2) is 0 Å². The van der Waals surface area contributed by atoms with E-state index in [2.05, 4.69) is 29.5 Å². The number of benzene rings is 4. The van der Waals surface area contributed by atoms with Crippen LogP contribution >= 0.6 is 0 Å².